The number of aromatic hydroxyl groups is 1. The number of benzene rings is 3. The maximum Gasteiger partial charge on any atom is 0.280 e. The maximum absolute atomic E-state index is 12.2. The van der Waals surface area contributed by atoms with Crippen molar-refractivity contribution in [1.82, 2.24) is 5.43 Å². The Hall–Kier alpha value is -3.34. The van der Waals surface area contributed by atoms with E-state index in [0.29, 0.717) is 11.5 Å². The van der Waals surface area contributed by atoms with Crippen molar-refractivity contribution < 1.29 is 14.6 Å². The van der Waals surface area contributed by atoms with Crippen molar-refractivity contribution in [2.24, 2.45) is 5.10 Å². The molecule has 2 N–H and O–H groups in total. The van der Waals surface area contributed by atoms with E-state index in [0.717, 1.165) is 16.3 Å². The zero-order valence-electron chi connectivity index (χ0n) is 14.6. The zero-order chi connectivity index (χ0) is 18.5. The number of phenols is 1. The number of amides is 1. The summed E-state index contributed by atoms with van der Waals surface area (Å²) in [6.45, 7) is 3.46. The molecule has 1 unspecified atom stereocenters. The van der Waals surface area contributed by atoms with Gasteiger partial charge < -0.3 is 9.84 Å². The number of carbonyl (C=O) groups excluding carboxylic acids is 1. The molecular weight excluding hydrogens is 328 g/mol. The van der Waals surface area contributed by atoms with Gasteiger partial charge in [-0.2, -0.15) is 5.10 Å². The highest BCUT2D eigenvalue weighted by molar-refractivity contribution is 5.99. The van der Waals surface area contributed by atoms with E-state index < -0.39 is 6.10 Å². The molecule has 1 amide bonds. The minimum Gasteiger partial charge on any atom is -0.508 e. The second-order valence-electron chi connectivity index (χ2n) is 5.99. The summed E-state index contributed by atoms with van der Waals surface area (Å²) in [5.74, 6) is 0.477. The van der Waals surface area contributed by atoms with Crippen LogP contribution in [0.3, 0.4) is 0 Å². The quantitative estimate of drug-likeness (QED) is 0.543. The number of carbonyl (C=O) groups is 1. The lowest BCUT2D eigenvalue weighted by Crippen LogP contribution is -2.33. The third-order valence-electron chi connectivity index (χ3n) is 4.02. The molecule has 0 aliphatic heterocycles. The number of nitrogens with one attached hydrogen (secondary N) is 1. The highest BCUT2D eigenvalue weighted by atomic mass is 16.5. The molecule has 132 valence electrons. The van der Waals surface area contributed by atoms with Crippen molar-refractivity contribution in [1.29, 1.82) is 0 Å². The van der Waals surface area contributed by atoms with Crippen molar-refractivity contribution in [3.05, 3.63) is 72.3 Å². The summed E-state index contributed by atoms with van der Waals surface area (Å²) in [6.07, 6.45) is -0.687. The Morgan fingerprint density at radius 2 is 1.73 bits per heavy atom. The second kappa shape index (κ2) is 7.70. The van der Waals surface area contributed by atoms with Gasteiger partial charge in [-0.3, -0.25) is 4.79 Å². The van der Waals surface area contributed by atoms with Gasteiger partial charge in [0.25, 0.3) is 5.91 Å². The first-order valence-electron chi connectivity index (χ1n) is 8.32. The van der Waals surface area contributed by atoms with E-state index in [1.165, 1.54) is 0 Å². The van der Waals surface area contributed by atoms with Crippen LogP contribution in [-0.4, -0.2) is 22.8 Å². The van der Waals surface area contributed by atoms with Crippen molar-refractivity contribution in [3.8, 4) is 11.5 Å². The molecule has 5 nitrogen and oxygen atoms in total. The van der Waals surface area contributed by atoms with E-state index in [2.05, 4.69) is 10.5 Å². The van der Waals surface area contributed by atoms with Crippen molar-refractivity contribution >= 4 is 22.4 Å². The first-order chi connectivity index (χ1) is 12.5. The van der Waals surface area contributed by atoms with Gasteiger partial charge in [0.15, 0.2) is 6.10 Å². The van der Waals surface area contributed by atoms with Crippen LogP contribution in [0.2, 0.25) is 0 Å². The van der Waals surface area contributed by atoms with Gasteiger partial charge in [0, 0.05) is 0 Å². The van der Waals surface area contributed by atoms with Crippen LogP contribution in [0.5, 0.6) is 11.5 Å². The van der Waals surface area contributed by atoms with Crippen molar-refractivity contribution in [2.75, 3.05) is 0 Å². The van der Waals surface area contributed by atoms with Gasteiger partial charge in [-0.05, 0) is 66.6 Å². The van der Waals surface area contributed by atoms with E-state index >= 15 is 0 Å². The smallest absolute Gasteiger partial charge is 0.280 e. The molecule has 0 aliphatic rings. The van der Waals surface area contributed by atoms with E-state index in [4.69, 9.17) is 4.74 Å². The lowest BCUT2D eigenvalue weighted by atomic mass is 10.1. The van der Waals surface area contributed by atoms with Crippen LogP contribution in [0.4, 0.5) is 0 Å². The number of fused-ring (bicyclic) bond motifs is 1. The molecule has 3 aromatic carbocycles. The van der Waals surface area contributed by atoms with Crippen LogP contribution in [0, 0.1) is 0 Å². The number of nitrogens with zero attached hydrogens (tertiary/aromatic N) is 1. The van der Waals surface area contributed by atoms with Crippen LogP contribution >= 0.6 is 0 Å². The Balaban J connectivity index is 1.63. The second-order valence-corrected chi connectivity index (χ2v) is 5.99. The highest BCUT2D eigenvalue weighted by Crippen LogP contribution is 2.21. The molecule has 3 rings (SSSR count). The van der Waals surface area contributed by atoms with E-state index in [1.807, 2.05) is 42.5 Å². The van der Waals surface area contributed by atoms with Gasteiger partial charge in [-0.1, -0.05) is 30.3 Å². The van der Waals surface area contributed by atoms with Crippen LogP contribution in [0.15, 0.2) is 71.8 Å². The number of rotatable bonds is 5. The Labute approximate surface area is 151 Å². The molecular formula is C21H20N2O3. The summed E-state index contributed by atoms with van der Waals surface area (Å²) < 4.78 is 5.72. The Morgan fingerprint density at radius 3 is 2.46 bits per heavy atom. The molecule has 0 radical (unpaired) electrons. The van der Waals surface area contributed by atoms with Crippen LogP contribution in [0.1, 0.15) is 19.4 Å². The van der Waals surface area contributed by atoms with Gasteiger partial charge in [-0.25, -0.2) is 5.43 Å². The lowest BCUT2D eigenvalue weighted by Gasteiger charge is -2.14. The lowest BCUT2D eigenvalue weighted by molar-refractivity contribution is -0.127. The van der Waals surface area contributed by atoms with Crippen molar-refractivity contribution in [3.63, 3.8) is 0 Å². The zero-order valence-corrected chi connectivity index (χ0v) is 14.6. The van der Waals surface area contributed by atoms with E-state index in [-0.39, 0.29) is 11.7 Å². The molecule has 26 heavy (non-hydrogen) atoms. The molecule has 0 bridgehead atoms. The molecule has 0 spiro atoms. The normalized spacial score (nSPS) is 12.6. The molecule has 0 saturated carbocycles. The predicted molar refractivity (Wildman–Crippen MR) is 102 cm³/mol. The van der Waals surface area contributed by atoms with Gasteiger partial charge in [0.05, 0.1) is 5.71 Å². The molecule has 0 saturated heterocycles. The number of ether oxygens (including phenoxy) is 1. The van der Waals surface area contributed by atoms with Crippen molar-refractivity contribution in [2.45, 2.75) is 20.0 Å². The summed E-state index contributed by atoms with van der Waals surface area (Å²) in [7, 11) is 0. The number of phenolic OH excluding ortho intramolecular Hbond substituents is 1. The average Bonchev–Trinajstić information content (AvgIpc) is 2.66. The fourth-order valence-electron chi connectivity index (χ4n) is 2.50. The molecule has 1 atom stereocenters. The topological polar surface area (TPSA) is 70.9 Å². The highest BCUT2D eigenvalue weighted by Gasteiger charge is 2.14. The summed E-state index contributed by atoms with van der Waals surface area (Å²) in [5, 5.41) is 15.6. The molecule has 3 aromatic rings. The Bertz CT molecular complexity index is 949. The van der Waals surface area contributed by atoms with E-state index in [9.17, 15) is 9.90 Å². The monoisotopic (exact) mass is 348 g/mol. The molecule has 0 aromatic heterocycles. The SMILES string of the molecule is CC(=NNC(=O)C(C)Oc1ccc2ccccc2c1)c1ccc(O)cc1. The summed E-state index contributed by atoms with van der Waals surface area (Å²) in [5.41, 5.74) is 3.96. The molecule has 5 heteroatoms. The number of hydrogen-bond donors (Lipinski definition) is 2. The van der Waals surface area contributed by atoms with Gasteiger partial charge in [0.1, 0.15) is 11.5 Å². The summed E-state index contributed by atoms with van der Waals surface area (Å²) in [6, 6.07) is 20.3. The number of hydrazone groups is 1. The Kier molecular flexibility index (Phi) is 5.17. The largest absolute Gasteiger partial charge is 0.508 e. The fraction of sp³-hybridized carbons (Fsp3) is 0.143. The third-order valence-corrected chi connectivity index (χ3v) is 4.02. The minimum absolute atomic E-state index is 0.183. The first kappa shape index (κ1) is 17.5. The molecule has 0 fully saturated rings. The summed E-state index contributed by atoms with van der Waals surface area (Å²) in [4.78, 5) is 12.2. The standard InChI is InChI=1S/C21H20N2O3/c1-14(16-7-10-19(24)11-8-16)22-23-21(25)15(2)26-20-12-9-17-5-3-4-6-18(17)13-20/h3-13,15,24H,1-2H3,(H,23,25). The van der Waals surface area contributed by atoms with Crippen LogP contribution in [-0.2, 0) is 4.79 Å². The minimum atomic E-state index is -0.687. The predicted octanol–water partition coefficient (Wildman–Crippen LogP) is 3.85. The Morgan fingerprint density at radius 1 is 1.04 bits per heavy atom. The van der Waals surface area contributed by atoms with Gasteiger partial charge >= 0.3 is 0 Å². The summed E-state index contributed by atoms with van der Waals surface area (Å²) >= 11 is 0. The van der Waals surface area contributed by atoms with Gasteiger partial charge in [0.2, 0.25) is 0 Å². The molecule has 0 aliphatic carbocycles. The number of hydrogen-bond acceptors (Lipinski definition) is 4. The third kappa shape index (κ3) is 4.19. The van der Waals surface area contributed by atoms with E-state index in [1.54, 1.807) is 38.1 Å². The average molecular weight is 348 g/mol. The van der Waals surface area contributed by atoms with Gasteiger partial charge in [-0.15, -0.1) is 0 Å². The van der Waals surface area contributed by atoms with Crippen LogP contribution in [0.25, 0.3) is 10.8 Å². The fourth-order valence-corrected chi connectivity index (χ4v) is 2.50. The molecule has 0 heterocycles. The van der Waals surface area contributed by atoms with Crippen LogP contribution < -0.4 is 10.2 Å². The first-order valence-corrected chi connectivity index (χ1v) is 8.32. The maximum atomic E-state index is 12.2.